The summed E-state index contributed by atoms with van der Waals surface area (Å²) in [6, 6.07) is 12.3. The van der Waals surface area contributed by atoms with Crippen LogP contribution in [0.2, 0.25) is 0 Å². The van der Waals surface area contributed by atoms with Gasteiger partial charge in [-0.15, -0.1) is 0 Å². The van der Waals surface area contributed by atoms with E-state index >= 15 is 0 Å². The number of aliphatic carboxylic acids is 1. The summed E-state index contributed by atoms with van der Waals surface area (Å²) in [6.45, 7) is 0. The number of nitrogens with two attached hydrogens (primary N) is 1. The van der Waals surface area contributed by atoms with Gasteiger partial charge in [0.1, 0.15) is 6.04 Å². The Labute approximate surface area is 105 Å². The number of hydrogen-bond donors (Lipinski definition) is 3. The molecule has 0 aliphatic carbocycles. The fraction of sp³-hybridized carbons (Fsp3) is 0.214. The summed E-state index contributed by atoms with van der Waals surface area (Å²) >= 11 is 0. The van der Waals surface area contributed by atoms with Crippen LogP contribution in [0.1, 0.15) is 11.6 Å². The number of fused-ring (bicyclic) bond motifs is 1. The molecule has 0 bridgehead atoms. The topological polar surface area (TPSA) is 75.3 Å². The Hall–Kier alpha value is -1.91. The molecule has 4 N–H and O–H groups in total. The van der Waals surface area contributed by atoms with Gasteiger partial charge in [0.15, 0.2) is 0 Å². The summed E-state index contributed by atoms with van der Waals surface area (Å²) in [5.41, 5.74) is 6.64. The van der Waals surface area contributed by atoms with E-state index in [4.69, 9.17) is 10.8 Å². The summed E-state index contributed by atoms with van der Waals surface area (Å²) in [4.78, 5) is 11.0. The number of likely N-dealkylation sites (N-methyl/N-ethyl adjacent to an activating group) is 1. The third-order valence-electron chi connectivity index (χ3n) is 3.11. The Bertz CT molecular complexity index is 563. The summed E-state index contributed by atoms with van der Waals surface area (Å²) in [6.07, 6.45) is 0. The van der Waals surface area contributed by atoms with Crippen LogP contribution < -0.4 is 11.1 Å². The van der Waals surface area contributed by atoms with E-state index in [1.54, 1.807) is 7.05 Å². The molecule has 2 aromatic carbocycles. The quantitative estimate of drug-likeness (QED) is 0.762. The molecule has 0 amide bonds. The first-order valence-corrected chi connectivity index (χ1v) is 5.78. The van der Waals surface area contributed by atoms with E-state index in [1.165, 1.54) is 0 Å². The van der Waals surface area contributed by atoms with Crippen molar-refractivity contribution in [1.29, 1.82) is 0 Å². The smallest absolute Gasteiger partial charge is 0.322 e. The number of carboxylic acids is 1. The molecule has 2 unspecified atom stereocenters. The van der Waals surface area contributed by atoms with Gasteiger partial charge in [-0.3, -0.25) is 4.79 Å². The van der Waals surface area contributed by atoms with Gasteiger partial charge in [0, 0.05) is 0 Å². The number of carbonyl (C=O) groups is 1. The van der Waals surface area contributed by atoms with Gasteiger partial charge in [0.05, 0.1) is 6.04 Å². The molecule has 2 atom stereocenters. The maximum absolute atomic E-state index is 11.0. The molecule has 0 aliphatic rings. The highest BCUT2D eigenvalue weighted by molar-refractivity contribution is 5.87. The van der Waals surface area contributed by atoms with E-state index in [-0.39, 0.29) is 0 Å². The maximum atomic E-state index is 11.0. The predicted octanol–water partition coefficient (Wildman–Crippen LogP) is 1.51. The summed E-state index contributed by atoms with van der Waals surface area (Å²) in [7, 11) is 1.72. The molecule has 0 saturated heterocycles. The highest BCUT2D eigenvalue weighted by Gasteiger charge is 2.25. The zero-order valence-corrected chi connectivity index (χ0v) is 10.1. The van der Waals surface area contributed by atoms with Crippen LogP contribution in [-0.4, -0.2) is 24.2 Å². The lowest BCUT2D eigenvalue weighted by molar-refractivity contribution is -0.139. The first-order valence-electron chi connectivity index (χ1n) is 5.78. The molecule has 0 saturated carbocycles. The van der Waals surface area contributed by atoms with E-state index in [1.807, 2.05) is 42.5 Å². The van der Waals surface area contributed by atoms with Gasteiger partial charge in [-0.1, -0.05) is 42.5 Å². The van der Waals surface area contributed by atoms with E-state index < -0.39 is 18.1 Å². The molecular weight excluding hydrogens is 228 g/mol. The van der Waals surface area contributed by atoms with E-state index in [2.05, 4.69) is 5.32 Å². The van der Waals surface area contributed by atoms with Gasteiger partial charge in [-0.05, 0) is 23.4 Å². The second-order valence-electron chi connectivity index (χ2n) is 4.20. The largest absolute Gasteiger partial charge is 0.480 e. The van der Waals surface area contributed by atoms with Crippen LogP contribution in [0.15, 0.2) is 42.5 Å². The molecule has 0 spiro atoms. The molecular formula is C14H16N2O2. The summed E-state index contributed by atoms with van der Waals surface area (Å²) < 4.78 is 0. The molecule has 94 valence electrons. The van der Waals surface area contributed by atoms with Gasteiger partial charge < -0.3 is 16.2 Å². The minimum atomic E-state index is -1.01. The van der Waals surface area contributed by atoms with Crippen LogP contribution in [0.25, 0.3) is 10.8 Å². The van der Waals surface area contributed by atoms with Crippen molar-refractivity contribution >= 4 is 16.7 Å². The van der Waals surface area contributed by atoms with Crippen LogP contribution in [0.4, 0.5) is 0 Å². The molecule has 0 aliphatic heterocycles. The van der Waals surface area contributed by atoms with Crippen LogP contribution in [0.3, 0.4) is 0 Å². The highest BCUT2D eigenvalue weighted by Crippen LogP contribution is 2.25. The second kappa shape index (κ2) is 5.16. The lowest BCUT2D eigenvalue weighted by Crippen LogP contribution is -2.42. The third kappa shape index (κ3) is 2.20. The monoisotopic (exact) mass is 244 g/mol. The minimum absolute atomic E-state index is 0.409. The third-order valence-corrected chi connectivity index (χ3v) is 3.11. The van der Waals surface area contributed by atoms with Crippen molar-refractivity contribution in [2.45, 2.75) is 12.1 Å². The lowest BCUT2D eigenvalue weighted by atomic mass is 9.94. The summed E-state index contributed by atoms with van der Waals surface area (Å²) in [5.74, 6) is -1.01. The Morgan fingerprint density at radius 2 is 1.89 bits per heavy atom. The Morgan fingerprint density at radius 1 is 1.22 bits per heavy atom. The Balaban J connectivity index is 2.55. The van der Waals surface area contributed by atoms with Crippen molar-refractivity contribution < 1.29 is 9.90 Å². The zero-order chi connectivity index (χ0) is 13.1. The Morgan fingerprint density at radius 3 is 2.56 bits per heavy atom. The molecule has 0 fully saturated rings. The zero-order valence-electron chi connectivity index (χ0n) is 10.1. The van der Waals surface area contributed by atoms with Gasteiger partial charge >= 0.3 is 5.97 Å². The molecule has 0 heterocycles. The van der Waals surface area contributed by atoms with Gasteiger partial charge in [-0.2, -0.15) is 0 Å². The molecule has 0 radical (unpaired) electrons. The van der Waals surface area contributed by atoms with Crippen molar-refractivity contribution in [3.05, 3.63) is 48.0 Å². The van der Waals surface area contributed by atoms with Crippen LogP contribution in [0.5, 0.6) is 0 Å². The first-order chi connectivity index (χ1) is 8.65. The van der Waals surface area contributed by atoms with Crippen molar-refractivity contribution in [1.82, 2.24) is 5.32 Å². The van der Waals surface area contributed by atoms with Crippen LogP contribution in [-0.2, 0) is 4.79 Å². The van der Waals surface area contributed by atoms with Crippen molar-refractivity contribution in [2.75, 3.05) is 7.05 Å². The summed E-state index contributed by atoms with van der Waals surface area (Å²) in [5, 5.41) is 14.1. The average Bonchev–Trinajstić information content (AvgIpc) is 2.39. The minimum Gasteiger partial charge on any atom is -0.480 e. The Kier molecular flexibility index (Phi) is 3.60. The molecule has 0 aromatic heterocycles. The predicted molar refractivity (Wildman–Crippen MR) is 71.4 cm³/mol. The molecule has 4 heteroatoms. The number of rotatable bonds is 4. The normalized spacial score (nSPS) is 14.3. The van der Waals surface area contributed by atoms with E-state index in [0.29, 0.717) is 0 Å². The molecule has 2 aromatic rings. The average molecular weight is 244 g/mol. The first kappa shape index (κ1) is 12.5. The highest BCUT2D eigenvalue weighted by atomic mass is 16.4. The van der Waals surface area contributed by atoms with Gasteiger partial charge in [0.25, 0.3) is 0 Å². The maximum Gasteiger partial charge on any atom is 0.322 e. The molecule has 18 heavy (non-hydrogen) atoms. The van der Waals surface area contributed by atoms with Crippen molar-refractivity contribution in [3.63, 3.8) is 0 Å². The SMILES string of the molecule is CNC(c1cccc2ccccc12)C(N)C(=O)O. The van der Waals surface area contributed by atoms with E-state index in [9.17, 15) is 4.79 Å². The number of hydrogen-bond acceptors (Lipinski definition) is 3. The van der Waals surface area contributed by atoms with Crippen LogP contribution >= 0.6 is 0 Å². The molecule has 2 rings (SSSR count). The number of carboxylic acid groups (broad SMARTS) is 1. The standard InChI is InChI=1S/C14H16N2O2/c1-16-13(12(15)14(17)18)11-8-4-6-9-5-2-3-7-10(9)11/h2-8,12-13,16H,15H2,1H3,(H,17,18). The number of nitrogens with one attached hydrogen (secondary N) is 1. The van der Waals surface area contributed by atoms with Crippen molar-refractivity contribution in [3.8, 4) is 0 Å². The molecule has 4 nitrogen and oxygen atoms in total. The fourth-order valence-electron chi connectivity index (χ4n) is 2.19. The number of benzene rings is 2. The van der Waals surface area contributed by atoms with E-state index in [0.717, 1.165) is 16.3 Å². The van der Waals surface area contributed by atoms with Gasteiger partial charge in [-0.25, -0.2) is 0 Å². The lowest BCUT2D eigenvalue weighted by Gasteiger charge is -2.22. The van der Waals surface area contributed by atoms with Crippen molar-refractivity contribution in [2.24, 2.45) is 5.73 Å². The van der Waals surface area contributed by atoms with Crippen LogP contribution in [0, 0.1) is 0 Å². The fourth-order valence-corrected chi connectivity index (χ4v) is 2.19. The van der Waals surface area contributed by atoms with Gasteiger partial charge in [0.2, 0.25) is 0 Å². The second-order valence-corrected chi connectivity index (χ2v) is 4.20.